The highest BCUT2D eigenvalue weighted by molar-refractivity contribution is 5.19. The predicted molar refractivity (Wildman–Crippen MR) is 124 cm³/mol. The Morgan fingerprint density at radius 3 is 1.55 bits per heavy atom. The average molecular weight is 457 g/mol. The molecule has 0 aromatic heterocycles. The zero-order valence-corrected chi connectivity index (χ0v) is 18.3. The summed E-state index contributed by atoms with van der Waals surface area (Å²) in [6.07, 6.45) is -6.85. The number of hydrogen-bond donors (Lipinski definition) is 6. The summed E-state index contributed by atoms with van der Waals surface area (Å²) in [6.45, 7) is -0.500. The van der Waals surface area contributed by atoms with Crippen LogP contribution in [0.15, 0.2) is 91.0 Å². The fourth-order valence-corrected chi connectivity index (χ4v) is 3.09. The van der Waals surface area contributed by atoms with Crippen LogP contribution in [0, 0.1) is 0 Å². The second-order valence-corrected chi connectivity index (χ2v) is 7.58. The summed E-state index contributed by atoms with van der Waals surface area (Å²) in [5.74, 6) is 0.322. The Labute approximate surface area is 193 Å². The molecule has 0 aliphatic rings. The molecule has 0 saturated carbocycles. The largest absolute Gasteiger partial charge is 0.508 e. The number of aromatic hydroxyl groups is 1. The monoisotopic (exact) mass is 456 g/mol. The van der Waals surface area contributed by atoms with Crippen LogP contribution in [0.5, 0.6) is 5.75 Å². The van der Waals surface area contributed by atoms with Gasteiger partial charge in [0.1, 0.15) is 30.2 Å². The number of ether oxygens (including phenoxy) is 1. The number of aliphatic hydroxyl groups excluding tert-OH is 5. The maximum atomic E-state index is 10.5. The number of rotatable bonds is 10. The third kappa shape index (κ3) is 9.31. The molecular formula is C26H32O7. The van der Waals surface area contributed by atoms with Crippen LogP contribution in [-0.2, 0) is 17.8 Å². The molecule has 6 N–H and O–H groups in total. The topological polar surface area (TPSA) is 131 Å². The van der Waals surface area contributed by atoms with Crippen LogP contribution < -0.4 is 0 Å². The van der Waals surface area contributed by atoms with Crippen molar-refractivity contribution in [3.05, 3.63) is 102 Å². The molecule has 3 aromatic carbocycles. The molecule has 33 heavy (non-hydrogen) atoms. The molecule has 0 amide bonds. The van der Waals surface area contributed by atoms with Gasteiger partial charge in [-0.1, -0.05) is 78.9 Å². The number of aliphatic hydroxyl groups is 5. The fraction of sp³-hybridized carbons (Fsp3) is 0.308. The second kappa shape index (κ2) is 14.4. The van der Waals surface area contributed by atoms with E-state index in [2.05, 4.69) is 0 Å². The minimum atomic E-state index is -1.69. The lowest BCUT2D eigenvalue weighted by atomic mass is 9.95. The van der Waals surface area contributed by atoms with E-state index in [1.54, 1.807) is 24.3 Å². The molecule has 5 unspecified atom stereocenters. The van der Waals surface area contributed by atoms with E-state index in [4.69, 9.17) is 14.9 Å². The van der Waals surface area contributed by atoms with Crippen molar-refractivity contribution in [2.75, 3.05) is 6.61 Å². The van der Waals surface area contributed by atoms with Gasteiger partial charge in [0.15, 0.2) is 0 Å². The number of benzene rings is 3. The lowest BCUT2D eigenvalue weighted by molar-refractivity contribution is -0.152. The van der Waals surface area contributed by atoms with E-state index in [9.17, 15) is 20.4 Å². The highest BCUT2D eigenvalue weighted by atomic mass is 16.5. The minimum Gasteiger partial charge on any atom is -0.508 e. The van der Waals surface area contributed by atoms with Gasteiger partial charge in [0, 0.05) is 6.42 Å². The lowest BCUT2D eigenvalue weighted by Gasteiger charge is -2.31. The molecule has 0 heterocycles. The molecule has 0 radical (unpaired) electrons. The molecule has 3 aromatic rings. The van der Waals surface area contributed by atoms with E-state index in [-0.39, 0.29) is 6.61 Å². The lowest BCUT2D eigenvalue weighted by Crippen LogP contribution is -2.51. The third-order valence-corrected chi connectivity index (χ3v) is 5.00. The van der Waals surface area contributed by atoms with Crippen molar-refractivity contribution in [1.82, 2.24) is 0 Å². The molecule has 7 nitrogen and oxygen atoms in total. The van der Waals surface area contributed by atoms with Gasteiger partial charge >= 0.3 is 0 Å². The average Bonchev–Trinajstić information content (AvgIpc) is 2.86. The summed E-state index contributed by atoms with van der Waals surface area (Å²) in [5.41, 5.74) is 1.80. The van der Waals surface area contributed by atoms with E-state index in [1.807, 2.05) is 66.7 Å². The molecule has 7 heteroatoms. The molecule has 0 saturated heterocycles. The van der Waals surface area contributed by atoms with Crippen molar-refractivity contribution in [3.63, 3.8) is 0 Å². The first-order valence-electron chi connectivity index (χ1n) is 10.7. The van der Waals surface area contributed by atoms with Crippen LogP contribution in [-0.4, -0.2) is 67.8 Å². The Kier molecular flexibility index (Phi) is 11.5. The Morgan fingerprint density at radius 2 is 1.09 bits per heavy atom. The van der Waals surface area contributed by atoms with Gasteiger partial charge in [0.05, 0.1) is 19.3 Å². The second-order valence-electron chi connectivity index (χ2n) is 7.58. The number of phenolic OH excluding ortho intramolecular Hbond substituents is 1. The zero-order chi connectivity index (χ0) is 24.1. The van der Waals surface area contributed by atoms with E-state index in [1.165, 1.54) is 0 Å². The highest BCUT2D eigenvalue weighted by Crippen LogP contribution is 2.17. The van der Waals surface area contributed by atoms with Crippen molar-refractivity contribution in [3.8, 4) is 5.75 Å². The number of phenols is 1. The third-order valence-electron chi connectivity index (χ3n) is 5.00. The molecular weight excluding hydrogens is 424 g/mol. The molecule has 0 spiro atoms. The van der Waals surface area contributed by atoms with E-state index in [0.29, 0.717) is 12.2 Å². The van der Waals surface area contributed by atoms with Gasteiger partial charge in [0.2, 0.25) is 0 Å². The van der Waals surface area contributed by atoms with Gasteiger partial charge in [-0.3, -0.25) is 0 Å². The quantitative estimate of drug-likeness (QED) is 0.273. The molecule has 3 rings (SSSR count). The van der Waals surface area contributed by atoms with Gasteiger partial charge in [-0.2, -0.15) is 0 Å². The first kappa shape index (κ1) is 26.5. The van der Waals surface area contributed by atoms with E-state index >= 15 is 0 Å². The highest BCUT2D eigenvalue weighted by Gasteiger charge is 2.35. The molecule has 178 valence electrons. The maximum Gasteiger partial charge on any atom is 0.115 e. The smallest absolute Gasteiger partial charge is 0.115 e. The van der Waals surface area contributed by atoms with Crippen LogP contribution >= 0.6 is 0 Å². The van der Waals surface area contributed by atoms with Gasteiger partial charge < -0.3 is 35.4 Å². The van der Waals surface area contributed by atoms with Crippen LogP contribution in [0.25, 0.3) is 0 Å². The summed E-state index contributed by atoms with van der Waals surface area (Å²) in [5, 5.41) is 57.6. The molecule has 0 aliphatic heterocycles. The number of para-hydroxylation sites is 1. The van der Waals surface area contributed by atoms with Gasteiger partial charge in [-0.25, -0.2) is 0 Å². The normalized spacial score (nSPS) is 15.4. The fourth-order valence-electron chi connectivity index (χ4n) is 3.09. The molecule has 0 aliphatic carbocycles. The molecule has 5 atom stereocenters. The van der Waals surface area contributed by atoms with Crippen molar-refractivity contribution in [2.45, 2.75) is 43.5 Å². The van der Waals surface area contributed by atoms with Gasteiger partial charge in [-0.05, 0) is 23.3 Å². The van der Waals surface area contributed by atoms with Crippen molar-refractivity contribution in [2.24, 2.45) is 0 Å². The van der Waals surface area contributed by atoms with Crippen molar-refractivity contribution < 1.29 is 35.4 Å². The molecule has 0 bridgehead atoms. The summed E-state index contributed by atoms with van der Waals surface area (Å²) in [4.78, 5) is 0. The SMILES string of the molecule is OCC(O)C(O)C(O)C(O)C(Cc1ccccc1)OCc1ccccc1.Oc1ccccc1. The van der Waals surface area contributed by atoms with Gasteiger partial charge in [0.25, 0.3) is 0 Å². The van der Waals surface area contributed by atoms with Crippen molar-refractivity contribution in [1.29, 1.82) is 0 Å². The first-order chi connectivity index (χ1) is 15.9. The zero-order valence-electron chi connectivity index (χ0n) is 18.3. The summed E-state index contributed by atoms with van der Waals surface area (Å²) < 4.78 is 5.81. The van der Waals surface area contributed by atoms with Crippen LogP contribution in [0.4, 0.5) is 0 Å². The Hall–Kier alpha value is -2.78. The van der Waals surface area contributed by atoms with Crippen LogP contribution in [0.2, 0.25) is 0 Å². The Balaban J connectivity index is 0.000000468. The first-order valence-corrected chi connectivity index (χ1v) is 10.7. The summed E-state index contributed by atoms with van der Waals surface area (Å²) in [7, 11) is 0. The Bertz CT molecular complexity index is 877. The van der Waals surface area contributed by atoms with Crippen LogP contribution in [0.1, 0.15) is 11.1 Å². The predicted octanol–water partition coefficient (Wildman–Crippen LogP) is 1.64. The summed E-state index contributed by atoms with van der Waals surface area (Å²) in [6, 6.07) is 27.4. The van der Waals surface area contributed by atoms with Crippen LogP contribution in [0.3, 0.4) is 0 Å². The van der Waals surface area contributed by atoms with E-state index in [0.717, 1.165) is 11.1 Å². The van der Waals surface area contributed by atoms with Crippen molar-refractivity contribution >= 4 is 0 Å². The maximum absolute atomic E-state index is 10.5. The minimum absolute atomic E-state index is 0.223. The Morgan fingerprint density at radius 1 is 0.606 bits per heavy atom. The van der Waals surface area contributed by atoms with Gasteiger partial charge in [-0.15, -0.1) is 0 Å². The standard InChI is InChI=1S/C20H26O6.C6H6O/c21-12-16(22)18(23)20(25)19(24)17(11-14-7-3-1-4-8-14)26-13-15-9-5-2-6-10-15;7-6-4-2-1-3-5-6/h1-10,16-25H,11-13H2;1-5,7H. The number of hydrogen-bond acceptors (Lipinski definition) is 7. The van der Waals surface area contributed by atoms with E-state index < -0.39 is 37.1 Å². The summed E-state index contributed by atoms with van der Waals surface area (Å²) >= 11 is 0. The molecule has 0 fully saturated rings.